The molecule has 0 aliphatic rings. The third kappa shape index (κ3) is 2.83. The monoisotopic (exact) mass is 254 g/mol. The Morgan fingerprint density at radius 3 is 2.14 bits per heavy atom. The van der Waals surface area contributed by atoms with Crippen molar-refractivity contribution in [2.45, 2.75) is 23.6 Å². The number of nitrogen functional groups attached to an aromatic ring is 1. The summed E-state index contributed by atoms with van der Waals surface area (Å²) >= 11 is 16.9. The van der Waals surface area contributed by atoms with Gasteiger partial charge < -0.3 is 5.73 Å². The van der Waals surface area contributed by atoms with E-state index in [1.165, 1.54) is 0 Å². The minimum atomic E-state index is -1.67. The molecule has 0 radical (unpaired) electrons. The van der Waals surface area contributed by atoms with Gasteiger partial charge in [-0.1, -0.05) is 48.7 Å². The van der Waals surface area contributed by atoms with Gasteiger partial charge in [0.25, 0.3) is 0 Å². The van der Waals surface area contributed by atoms with Crippen molar-refractivity contribution in [1.82, 2.24) is 15.0 Å². The first-order valence-electron chi connectivity index (χ1n) is 3.89. The summed E-state index contributed by atoms with van der Waals surface area (Å²) in [6.45, 7) is 3.83. The number of hydrogen-bond donors (Lipinski definition) is 1. The molecule has 1 rings (SSSR count). The van der Waals surface area contributed by atoms with Crippen molar-refractivity contribution in [2.24, 2.45) is 0 Å². The lowest BCUT2D eigenvalue weighted by Gasteiger charge is -2.11. The summed E-state index contributed by atoms with van der Waals surface area (Å²) in [5.41, 5.74) is 5.46. The normalized spacial score (nSPS) is 12.1. The number of nitrogens with zero attached hydrogens (tertiary/aromatic N) is 3. The van der Waals surface area contributed by atoms with Crippen molar-refractivity contribution in [2.75, 3.05) is 5.73 Å². The van der Waals surface area contributed by atoms with Gasteiger partial charge in [-0.15, -0.1) is 0 Å². The first-order valence-corrected chi connectivity index (χ1v) is 5.02. The zero-order valence-corrected chi connectivity index (χ0v) is 9.90. The Bertz CT molecular complexity index is 334. The predicted octanol–water partition coefficient (Wildman–Crippen LogP) is 2.40. The summed E-state index contributed by atoms with van der Waals surface area (Å²) in [4.78, 5) is 11.7. The van der Waals surface area contributed by atoms with Gasteiger partial charge in [-0.3, -0.25) is 0 Å². The Kier molecular flexibility index (Phi) is 3.40. The number of anilines is 1. The fourth-order valence-corrected chi connectivity index (χ4v) is 1.05. The molecule has 0 amide bonds. The van der Waals surface area contributed by atoms with E-state index in [-0.39, 0.29) is 17.7 Å². The van der Waals surface area contributed by atoms with E-state index in [2.05, 4.69) is 15.0 Å². The average molecular weight is 256 g/mol. The number of rotatable bonds is 1. The standard InChI is InChI=1S/C7H9Cl3N4/c1-3(2)4-12-5(7(8,9)10)14-6(11)13-4/h3H,1-2H3,(H2,11,12,13,14). The third-order valence-corrected chi connectivity index (χ3v) is 1.95. The van der Waals surface area contributed by atoms with E-state index in [4.69, 9.17) is 40.5 Å². The highest BCUT2D eigenvalue weighted by Gasteiger charge is 2.28. The van der Waals surface area contributed by atoms with Crippen molar-refractivity contribution in [3.8, 4) is 0 Å². The summed E-state index contributed by atoms with van der Waals surface area (Å²) < 4.78 is -1.67. The van der Waals surface area contributed by atoms with Crippen LogP contribution >= 0.6 is 34.8 Å². The second-order valence-corrected chi connectivity index (χ2v) is 5.31. The summed E-state index contributed by atoms with van der Waals surface area (Å²) in [6.07, 6.45) is 0. The van der Waals surface area contributed by atoms with Gasteiger partial charge in [0.1, 0.15) is 5.82 Å². The quantitative estimate of drug-likeness (QED) is 0.783. The van der Waals surface area contributed by atoms with E-state index in [0.29, 0.717) is 5.82 Å². The lowest BCUT2D eigenvalue weighted by atomic mass is 10.2. The number of halogens is 3. The van der Waals surface area contributed by atoms with E-state index >= 15 is 0 Å². The first-order chi connectivity index (χ1) is 6.30. The average Bonchev–Trinajstić information content (AvgIpc) is 2.01. The van der Waals surface area contributed by atoms with Gasteiger partial charge in [0.15, 0.2) is 5.82 Å². The molecule has 4 nitrogen and oxygen atoms in total. The topological polar surface area (TPSA) is 64.7 Å². The molecule has 14 heavy (non-hydrogen) atoms. The maximum absolute atomic E-state index is 5.63. The smallest absolute Gasteiger partial charge is 0.250 e. The van der Waals surface area contributed by atoms with Crippen LogP contribution in [0.5, 0.6) is 0 Å². The zero-order valence-electron chi connectivity index (χ0n) is 7.63. The van der Waals surface area contributed by atoms with E-state index in [0.717, 1.165) is 0 Å². The highest BCUT2D eigenvalue weighted by Crippen LogP contribution is 2.36. The van der Waals surface area contributed by atoms with Crippen LogP contribution in [0, 0.1) is 0 Å². The van der Waals surface area contributed by atoms with Crippen LogP contribution < -0.4 is 5.73 Å². The van der Waals surface area contributed by atoms with Gasteiger partial charge in [-0.05, 0) is 0 Å². The van der Waals surface area contributed by atoms with Crippen LogP contribution in [-0.4, -0.2) is 15.0 Å². The lowest BCUT2D eigenvalue weighted by Crippen LogP contribution is -2.14. The number of nitrogens with two attached hydrogens (primary N) is 1. The van der Waals surface area contributed by atoms with E-state index < -0.39 is 3.79 Å². The van der Waals surface area contributed by atoms with Gasteiger partial charge in [-0.2, -0.15) is 9.97 Å². The second kappa shape index (κ2) is 4.04. The highest BCUT2D eigenvalue weighted by molar-refractivity contribution is 6.66. The second-order valence-electron chi connectivity index (χ2n) is 3.03. The van der Waals surface area contributed by atoms with Crippen molar-refractivity contribution >= 4 is 40.8 Å². The molecule has 0 aliphatic heterocycles. The summed E-state index contributed by atoms with van der Waals surface area (Å²) in [7, 11) is 0. The molecular weight excluding hydrogens is 246 g/mol. The van der Waals surface area contributed by atoms with Gasteiger partial charge in [0, 0.05) is 5.92 Å². The Hall–Kier alpha value is -0.320. The Morgan fingerprint density at radius 2 is 1.71 bits per heavy atom. The fraction of sp³-hybridized carbons (Fsp3) is 0.571. The molecule has 0 saturated carbocycles. The SMILES string of the molecule is CC(C)c1nc(N)nc(C(Cl)(Cl)Cl)n1. The van der Waals surface area contributed by atoms with Crippen LogP contribution in [0.1, 0.15) is 31.4 Å². The molecule has 0 bridgehead atoms. The van der Waals surface area contributed by atoms with Gasteiger partial charge >= 0.3 is 0 Å². The van der Waals surface area contributed by atoms with Crippen LogP contribution in [0.2, 0.25) is 0 Å². The molecule has 1 aromatic heterocycles. The molecule has 0 atom stereocenters. The summed E-state index contributed by atoms with van der Waals surface area (Å²) in [6, 6.07) is 0. The van der Waals surface area contributed by atoms with Crippen molar-refractivity contribution in [1.29, 1.82) is 0 Å². The molecule has 0 aromatic carbocycles. The van der Waals surface area contributed by atoms with Crippen LogP contribution in [0.4, 0.5) is 5.95 Å². The van der Waals surface area contributed by atoms with Gasteiger partial charge in [0.05, 0.1) is 0 Å². The molecule has 0 fully saturated rings. The largest absolute Gasteiger partial charge is 0.368 e. The highest BCUT2D eigenvalue weighted by atomic mass is 35.6. The van der Waals surface area contributed by atoms with Crippen LogP contribution in [0.25, 0.3) is 0 Å². The van der Waals surface area contributed by atoms with Crippen LogP contribution in [-0.2, 0) is 3.79 Å². The molecule has 0 aliphatic carbocycles. The van der Waals surface area contributed by atoms with Crippen LogP contribution in [0.3, 0.4) is 0 Å². The number of alkyl halides is 3. The predicted molar refractivity (Wildman–Crippen MR) is 57.6 cm³/mol. The van der Waals surface area contributed by atoms with Crippen LogP contribution in [0.15, 0.2) is 0 Å². The molecule has 1 aromatic rings. The van der Waals surface area contributed by atoms with E-state index in [1.54, 1.807) is 0 Å². The van der Waals surface area contributed by atoms with Crippen molar-refractivity contribution in [3.05, 3.63) is 11.6 Å². The lowest BCUT2D eigenvalue weighted by molar-refractivity contribution is 0.741. The molecule has 0 spiro atoms. The Balaban J connectivity index is 3.21. The number of aromatic nitrogens is 3. The maximum Gasteiger partial charge on any atom is 0.250 e. The molecule has 7 heteroatoms. The van der Waals surface area contributed by atoms with E-state index in [1.807, 2.05) is 13.8 Å². The van der Waals surface area contributed by atoms with Crippen molar-refractivity contribution in [3.63, 3.8) is 0 Å². The molecule has 2 N–H and O–H groups in total. The minimum absolute atomic E-state index is 0.0544. The molecule has 78 valence electrons. The molecular formula is C7H9Cl3N4. The van der Waals surface area contributed by atoms with Crippen molar-refractivity contribution < 1.29 is 0 Å². The first kappa shape index (κ1) is 11.8. The van der Waals surface area contributed by atoms with Gasteiger partial charge in [-0.25, -0.2) is 4.98 Å². The summed E-state index contributed by atoms with van der Waals surface area (Å²) in [5.74, 6) is 0.731. The zero-order chi connectivity index (χ0) is 10.9. The summed E-state index contributed by atoms with van der Waals surface area (Å²) in [5, 5.41) is 0. The maximum atomic E-state index is 5.63. The number of hydrogen-bond acceptors (Lipinski definition) is 4. The third-order valence-electron chi connectivity index (χ3n) is 1.44. The minimum Gasteiger partial charge on any atom is -0.368 e. The van der Waals surface area contributed by atoms with E-state index in [9.17, 15) is 0 Å². The Morgan fingerprint density at radius 1 is 1.14 bits per heavy atom. The molecule has 0 unspecified atom stereocenters. The molecule has 1 heterocycles. The fourth-order valence-electron chi connectivity index (χ4n) is 0.794. The Labute approximate surface area is 96.8 Å². The van der Waals surface area contributed by atoms with Gasteiger partial charge in [0.2, 0.25) is 9.74 Å². The molecule has 0 saturated heterocycles.